The second-order valence-corrected chi connectivity index (χ2v) is 6.11. The summed E-state index contributed by atoms with van der Waals surface area (Å²) >= 11 is 0. The molecule has 138 valence electrons. The average Bonchev–Trinajstić information content (AvgIpc) is 2.39. The Balaban J connectivity index is 4.78. The van der Waals surface area contributed by atoms with E-state index in [1.807, 2.05) is 0 Å². The molecule has 0 bridgehead atoms. The number of carbonyl (C=O) groups is 4. The molecule has 0 aromatic rings. The van der Waals surface area contributed by atoms with Gasteiger partial charge < -0.3 is 25.2 Å². The van der Waals surface area contributed by atoms with Crippen LogP contribution < -0.4 is 10.6 Å². The zero-order chi connectivity index (χ0) is 18.9. The Bertz CT molecular complexity index is 471. The number of nitrogens with one attached hydrogen (secondary N) is 2. The number of ether oxygens (including phenoxy) is 2. The molecule has 0 spiro atoms. The maximum Gasteiger partial charge on any atom is 0.408 e. The number of rotatable bonds is 8. The summed E-state index contributed by atoms with van der Waals surface area (Å²) in [5.74, 6) is -2.45. The molecule has 1 unspecified atom stereocenters. The summed E-state index contributed by atoms with van der Waals surface area (Å²) in [6.07, 6.45) is -2.16. The first-order valence-corrected chi connectivity index (χ1v) is 7.63. The number of aliphatic carboxylic acids is 1. The smallest absolute Gasteiger partial charge is 0.408 e. The number of alkyl carbamates (subject to hydrolysis) is 1. The van der Waals surface area contributed by atoms with E-state index in [2.05, 4.69) is 10.6 Å². The molecule has 0 aromatic carbocycles. The molecule has 0 aliphatic heterocycles. The number of carboxylic acids is 1. The largest absolute Gasteiger partial charge is 0.480 e. The number of amides is 2. The van der Waals surface area contributed by atoms with Crippen molar-refractivity contribution in [2.24, 2.45) is 0 Å². The van der Waals surface area contributed by atoms with Gasteiger partial charge in [-0.05, 0) is 40.5 Å². The molecule has 24 heavy (non-hydrogen) atoms. The fraction of sp³-hybridized carbons (Fsp3) is 0.733. The second kappa shape index (κ2) is 9.74. The Kier molecular flexibility index (Phi) is 8.80. The van der Waals surface area contributed by atoms with Crippen LogP contribution in [0.2, 0.25) is 0 Å². The van der Waals surface area contributed by atoms with Crippen molar-refractivity contribution in [3.8, 4) is 0 Å². The highest BCUT2D eigenvalue weighted by molar-refractivity contribution is 5.83. The molecular weight excluding hydrogens is 320 g/mol. The number of likely N-dealkylation sites (N-methyl/N-ethyl adjacent to an activating group) is 1. The quantitative estimate of drug-likeness (QED) is 0.554. The Morgan fingerprint density at radius 3 is 2.12 bits per heavy atom. The summed E-state index contributed by atoms with van der Waals surface area (Å²) in [5.41, 5.74) is -0.769. The third-order valence-corrected chi connectivity index (χ3v) is 2.66. The van der Waals surface area contributed by atoms with Gasteiger partial charge in [0.1, 0.15) is 11.6 Å². The van der Waals surface area contributed by atoms with Crippen LogP contribution in [0, 0.1) is 0 Å². The minimum atomic E-state index is -1.28. The van der Waals surface area contributed by atoms with Gasteiger partial charge in [-0.3, -0.25) is 9.59 Å². The summed E-state index contributed by atoms with van der Waals surface area (Å²) in [5, 5.41) is 13.9. The zero-order valence-corrected chi connectivity index (χ0v) is 14.7. The van der Waals surface area contributed by atoms with Crippen LogP contribution in [-0.2, 0) is 23.9 Å². The molecule has 0 rings (SSSR count). The highest BCUT2D eigenvalue weighted by atomic mass is 16.6. The van der Waals surface area contributed by atoms with Crippen LogP contribution in [0.25, 0.3) is 0 Å². The van der Waals surface area contributed by atoms with Gasteiger partial charge in [0.2, 0.25) is 0 Å². The Hall–Kier alpha value is -2.32. The molecule has 2 amide bonds. The highest BCUT2D eigenvalue weighted by Gasteiger charge is 2.28. The molecule has 0 fully saturated rings. The van der Waals surface area contributed by atoms with Gasteiger partial charge in [0.25, 0.3) is 5.91 Å². The fourth-order valence-electron chi connectivity index (χ4n) is 1.76. The first-order valence-electron chi connectivity index (χ1n) is 7.63. The zero-order valence-electron chi connectivity index (χ0n) is 14.7. The molecule has 3 N–H and O–H groups in total. The van der Waals surface area contributed by atoms with E-state index < -0.39 is 41.7 Å². The van der Waals surface area contributed by atoms with Crippen LogP contribution in [0.4, 0.5) is 4.79 Å². The van der Waals surface area contributed by atoms with Crippen molar-refractivity contribution in [3.05, 3.63) is 0 Å². The summed E-state index contributed by atoms with van der Waals surface area (Å²) < 4.78 is 9.89. The van der Waals surface area contributed by atoms with Crippen molar-refractivity contribution in [3.63, 3.8) is 0 Å². The molecule has 9 heteroatoms. The van der Waals surface area contributed by atoms with E-state index in [-0.39, 0.29) is 12.8 Å². The number of hydrogen-bond acceptors (Lipinski definition) is 6. The van der Waals surface area contributed by atoms with E-state index in [1.54, 1.807) is 27.7 Å². The van der Waals surface area contributed by atoms with Gasteiger partial charge in [-0.25, -0.2) is 9.59 Å². The Labute approximate surface area is 141 Å². The topological polar surface area (TPSA) is 131 Å². The van der Waals surface area contributed by atoms with E-state index in [9.17, 15) is 24.3 Å². The van der Waals surface area contributed by atoms with Gasteiger partial charge >= 0.3 is 18.0 Å². The standard InChI is InChI=1S/C15H26N2O7/c1-6-16-12(19)11(23-9(2)18)8-7-10(13(20)21)17-14(22)24-15(3,4)5/h10-11H,6-8H2,1-5H3,(H,16,19)(H,17,22)(H,20,21)/t10-,11?/m0/s1. The van der Waals surface area contributed by atoms with Gasteiger partial charge in [0.15, 0.2) is 6.10 Å². The minimum absolute atomic E-state index is 0.0574. The maximum absolute atomic E-state index is 11.8. The second-order valence-electron chi connectivity index (χ2n) is 6.11. The summed E-state index contributed by atoms with van der Waals surface area (Å²) in [7, 11) is 0. The lowest BCUT2D eigenvalue weighted by Gasteiger charge is -2.23. The van der Waals surface area contributed by atoms with Crippen LogP contribution in [0.15, 0.2) is 0 Å². The molecule has 0 saturated heterocycles. The third kappa shape index (κ3) is 9.65. The number of carbonyl (C=O) groups excluding carboxylic acids is 3. The third-order valence-electron chi connectivity index (χ3n) is 2.66. The van der Waals surface area contributed by atoms with Crippen LogP contribution in [0.1, 0.15) is 47.5 Å². The van der Waals surface area contributed by atoms with E-state index >= 15 is 0 Å². The van der Waals surface area contributed by atoms with Crippen molar-refractivity contribution < 1.29 is 33.8 Å². The number of esters is 1. The lowest BCUT2D eigenvalue weighted by atomic mass is 10.1. The first kappa shape index (κ1) is 21.7. The molecule has 2 atom stereocenters. The van der Waals surface area contributed by atoms with Crippen LogP contribution in [0.5, 0.6) is 0 Å². The molecular formula is C15H26N2O7. The van der Waals surface area contributed by atoms with Gasteiger partial charge in [0, 0.05) is 13.5 Å². The van der Waals surface area contributed by atoms with Gasteiger partial charge in [-0.2, -0.15) is 0 Å². The van der Waals surface area contributed by atoms with E-state index in [0.29, 0.717) is 6.54 Å². The normalized spacial score (nSPS) is 13.4. The van der Waals surface area contributed by atoms with Crippen LogP contribution in [-0.4, -0.2) is 53.3 Å². The maximum atomic E-state index is 11.8. The number of hydrogen-bond donors (Lipinski definition) is 3. The van der Waals surface area contributed by atoms with Gasteiger partial charge in [0.05, 0.1) is 0 Å². The van der Waals surface area contributed by atoms with Crippen molar-refractivity contribution in [2.45, 2.75) is 65.2 Å². The van der Waals surface area contributed by atoms with Crippen molar-refractivity contribution in [1.82, 2.24) is 10.6 Å². The SMILES string of the molecule is CCNC(=O)C(CC[C@H](NC(=O)OC(C)(C)C)C(=O)O)OC(C)=O. The van der Waals surface area contributed by atoms with E-state index in [4.69, 9.17) is 9.47 Å². The molecule has 0 aromatic heterocycles. The lowest BCUT2D eigenvalue weighted by molar-refractivity contribution is -0.154. The predicted octanol–water partition coefficient (Wildman–Crippen LogP) is 0.812. The molecule has 9 nitrogen and oxygen atoms in total. The fourth-order valence-corrected chi connectivity index (χ4v) is 1.76. The van der Waals surface area contributed by atoms with Crippen molar-refractivity contribution in [1.29, 1.82) is 0 Å². The highest BCUT2D eigenvalue weighted by Crippen LogP contribution is 2.10. The minimum Gasteiger partial charge on any atom is -0.480 e. The van der Waals surface area contributed by atoms with E-state index in [0.717, 1.165) is 6.92 Å². The molecule has 0 heterocycles. The van der Waals surface area contributed by atoms with Gasteiger partial charge in [-0.1, -0.05) is 0 Å². The number of carboxylic acid groups (broad SMARTS) is 1. The Morgan fingerprint density at radius 2 is 1.71 bits per heavy atom. The predicted molar refractivity (Wildman–Crippen MR) is 84.3 cm³/mol. The Morgan fingerprint density at radius 1 is 1.12 bits per heavy atom. The average molecular weight is 346 g/mol. The lowest BCUT2D eigenvalue weighted by Crippen LogP contribution is -2.45. The monoisotopic (exact) mass is 346 g/mol. The van der Waals surface area contributed by atoms with Crippen molar-refractivity contribution >= 4 is 23.9 Å². The summed E-state index contributed by atoms with van der Waals surface area (Å²) in [4.78, 5) is 45.8. The van der Waals surface area contributed by atoms with Gasteiger partial charge in [-0.15, -0.1) is 0 Å². The van der Waals surface area contributed by atoms with Crippen molar-refractivity contribution in [2.75, 3.05) is 6.54 Å². The summed E-state index contributed by atoms with van der Waals surface area (Å²) in [6.45, 7) is 8.14. The van der Waals surface area contributed by atoms with E-state index in [1.165, 1.54) is 0 Å². The molecule has 0 saturated carbocycles. The van der Waals surface area contributed by atoms with Crippen LogP contribution >= 0.6 is 0 Å². The molecule has 0 aliphatic carbocycles. The first-order chi connectivity index (χ1) is 11.0. The van der Waals surface area contributed by atoms with Crippen LogP contribution in [0.3, 0.4) is 0 Å². The summed E-state index contributed by atoms with van der Waals surface area (Å²) in [6, 6.07) is -1.27. The molecule has 0 radical (unpaired) electrons. The molecule has 0 aliphatic rings.